The summed E-state index contributed by atoms with van der Waals surface area (Å²) in [4.78, 5) is 23.4. The first-order valence-electron chi connectivity index (χ1n) is 7.47. The molecular formula is C15H22O6. The van der Waals surface area contributed by atoms with Gasteiger partial charge in [-0.1, -0.05) is 0 Å². The largest absolute Gasteiger partial charge is 0.462 e. The third-order valence-corrected chi connectivity index (χ3v) is 4.54. The lowest BCUT2D eigenvalue weighted by molar-refractivity contribution is -0.220. The van der Waals surface area contributed by atoms with Crippen LogP contribution in [0.5, 0.6) is 0 Å². The van der Waals surface area contributed by atoms with E-state index >= 15 is 0 Å². The molecule has 0 bridgehead atoms. The molecule has 0 amide bonds. The molecule has 2 saturated heterocycles. The molecule has 1 saturated carbocycles. The molecule has 0 spiro atoms. The van der Waals surface area contributed by atoms with Gasteiger partial charge in [0.1, 0.15) is 18.0 Å². The van der Waals surface area contributed by atoms with E-state index in [1.54, 1.807) is 0 Å². The van der Waals surface area contributed by atoms with Crippen LogP contribution < -0.4 is 0 Å². The van der Waals surface area contributed by atoms with E-state index in [0.717, 1.165) is 6.42 Å². The molecule has 0 aromatic rings. The van der Waals surface area contributed by atoms with Gasteiger partial charge < -0.3 is 18.9 Å². The predicted octanol–water partition coefficient (Wildman–Crippen LogP) is 1.41. The quantitative estimate of drug-likeness (QED) is 0.718. The molecule has 3 fully saturated rings. The number of fused-ring (bicyclic) bond motifs is 3. The monoisotopic (exact) mass is 298 g/mol. The Morgan fingerprint density at radius 2 is 1.86 bits per heavy atom. The third kappa shape index (κ3) is 2.60. The number of Topliss-reactive ketones (excluding diaryl/α,β-unsaturated/α-hetero) is 1. The number of hydrogen-bond acceptors (Lipinski definition) is 6. The van der Waals surface area contributed by atoms with Gasteiger partial charge in [0.05, 0.1) is 12.0 Å². The van der Waals surface area contributed by atoms with Gasteiger partial charge in [-0.15, -0.1) is 0 Å². The van der Waals surface area contributed by atoms with E-state index in [-0.39, 0.29) is 35.8 Å². The van der Waals surface area contributed by atoms with Crippen LogP contribution in [0.15, 0.2) is 0 Å². The van der Waals surface area contributed by atoms with Crippen LogP contribution in [0.1, 0.15) is 40.5 Å². The van der Waals surface area contributed by atoms with Crippen LogP contribution in [0.25, 0.3) is 0 Å². The summed E-state index contributed by atoms with van der Waals surface area (Å²) in [5.41, 5.74) is 0. The van der Waals surface area contributed by atoms with Crippen molar-refractivity contribution in [2.75, 3.05) is 0 Å². The van der Waals surface area contributed by atoms with Crippen LogP contribution in [0.4, 0.5) is 0 Å². The van der Waals surface area contributed by atoms with Gasteiger partial charge in [0, 0.05) is 12.8 Å². The number of ether oxygens (including phenoxy) is 4. The normalized spacial score (nSPS) is 44.0. The lowest BCUT2D eigenvalue weighted by atomic mass is 9.72. The Labute approximate surface area is 124 Å². The maximum Gasteiger partial charge on any atom is 0.302 e. The minimum Gasteiger partial charge on any atom is -0.462 e. The van der Waals surface area contributed by atoms with Crippen molar-refractivity contribution in [3.05, 3.63) is 0 Å². The summed E-state index contributed by atoms with van der Waals surface area (Å²) in [5.74, 6) is -1.57. The summed E-state index contributed by atoms with van der Waals surface area (Å²) in [6.45, 7) is 6.57. The van der Waals surface area contributed by atoms with Gasteiger partial charge >= 0.3 is 5.97 Å². The van der Waals surface area contributed by atoms with E-state index in [1.165, 1.54) is 13.8 Å². The molecule has 6 atom stereocenters. The summed E-state index contributed by atoms with van der Waals surface area (Å²) >= 11 is 0. The molecule has 21 heavy (non-hydrogen) atoms. The predicted molar refractivity (Wildman–Crippen MR) is 71.1 cm³/mol. The van der Waals surface area contributed by atoms with E-state index in [9.17, 15) is 9.59 Å². The summed E-state index contributed by atoms with van der Waals surface area (Å²) in [6.07, 6.45) is 0.193. The number of hydrogen-bond donors (Lipinski definition) is 0. The molecular weight excluding hydrogens is 276 g/mol. The van der Waals surface area contributed by atoms with E-state index in [2.05, 4.69) is 0 Å². The second-order valence-corrected chi connectivity index (χ2v) is 6.58. The minimum absolute atomic E-state index is 0.00788. The van der Waals surface area contributed by atoms with Crippen molar-refractivity contribution in [1.29, 1.82) is 0 Å². The van der Waals surface area contributed by atoms with Crippen molar-refractivity contribution in [1.82, 2.24) is 0 Å². The Kier molecular flexibility index (Phi) is 3.58. The Balaban J connectivity index is 1.86. The highest BCUT2D eigenvalue weighted by Gasteiger charge is 2.60. The summed E-state index contributed by atoms with van der Waals surface area (Å²) in [7, 11) is 0. The van der Waals surface area contributed by atoms with Crippen molar-refractivity contribution in [2.24, 2.45) is 11.8 Å². The zero-order chi connectivity index (χ0) is 15.4. The number of carbonyl (C=O) groups excluding carboxylic acids is 2. The molecule has 6 heteroatoms. The van der Waals surface area contributed by atoms with Gasteiger partial charge in [-0.3, -0.25) is 9.59 Å². The van der Waals surface area contributed by atoms with Crippen LogP contribution >= 0.6 is 0 Å². The van der Waals surface area contributed by atoms with Crippen LogP contribution in [0.2, 0.25) is 0 Å². The van der Waals surface area contributed by atoms with E-state index in [0.29, 0.717) is 6.42 Å². The second-order valence-electron chi connectivity index (χ2n) is 6.58. The molecule has 0 aromatic carbocycles. The van der Waals surface area contributed by atoms with Crippen LogP contribution in [-0.4, -0.2) is 42.1 Å². The number of carbonyl (C=O) groups is 2. The molecule has 118 valence electrons. The van der Waals surface area contributed by atoms with Gasteiger partial charge in [0.15, 0.2) is 12.1 Å². The van der Waals surface area contributed by atoms with Crippen molar-refractivity contribution in [3.8, 4) is 0 Å². The van der Waals surface area contributed by atoms with Gasteiger partial charge in [-0.2, -0.15) is 0 Å². The topological polar surface area (TPSA) is 71.1 Å². The highest BCUT2D eigenvalue weighted by atomic mass is 16.8. The molecule has 3 rings (SSSR count). The van der Waals surface area contributed by atoms with Gasteiger partial charge in [0.2, 0.25) is 0 Å². The molecule has 0 unspecified atom stereocenters. The Morgan fingerprint density at radius 1 is 1.14 bits per heavy atom. The minimum atomic E-state index is -0.712. The molecule has 0 aromatic heterocycles. The van der Waals surface area contributed by atoms with Gasteiger partial charge in [-0.05, 0) is 33.6 Å². The van der Waals surface area contributed by atoms with Crippen molar-refractivity contribution >= 4 is 11.8 Å². The third-order valence-electron chi connectivity index (χ3n) is 4.54. The number of rotatable bonds is 2. The fraction of sp³-hybridized carbons (Fsp3) is 0.867. The van der Waals surface area contributed by atoms with Gasteiger partial charge in [-0.25, -0.2) is 0 Å². The highest BCUT2D eigenvalue weighted by Crippen LogP contribution is 2.49. The maximum absolute atomic E-state index is 12.1. The van der Waals surface area contributed by atoms with E-state index < -0.39 is 18.2 Å². The molecule has 2 heterocycles. The van der Waals surface area contributed by atoms with E-state index in [1.807, 2.05) is 13.8 Å². The molecule has 2 aliphatic heterocycles. The molecule has 6 nitrogen and oxygen atoms in total. The van der Waals surface area contributed by atoms with Gasteiger partial charge in [0.25, 0.3) is 0 Å². The first-order chi connectivity index (χ1) is 9.78. The first kappa shape index (κ1) is 14.9. The maximum atomic E-state index is 12.1. The van der Waals surface area contributed by atoms with Crippen molar-refractivity contribution < 1.29 is 28.5 Å². The lowest BCUT2D eigenvalue weighted by Crippen LogP contribution is -2.48. The SMILES string of the molecule is CC(=O)O[C@@H]1CC[C@H]2O[C@@H]3OC(C)(C)O[C@@H]3[C@@H]2[C@H]1C(C)=O. The van der Waals surface area contributed by atoms with E-state index in [4.69, 9.17) is 18.9 Å². The molecule has 1 aliphatic carbocycles. The van der Waals surface area contributed by atoms with Crippen molar-refractivity contribution in [3.63, 3.8) is 0 Å². The standard InChI is InChI=1S/C15H22O6/c1-7(16)11-9(18-8(2)17)5-6-10-12(11)13-14(19-10)21-15(3,4)20-13/h9-14H,5-6H2,1-4H3/t9-,10-,11+,12+,13-,14-/m1/s1. The fourth-order valence-electron chi connectivity index (χ4n) is 3.93. The molecule has 0 radical (unpaired) electrons. The number of ketones is 1. The average molecular weight is 298 g/mol. The Hall–Kier alpha value is -0.980. The Bertz CT molecular complexity index is 459. The first-order valence-corrected chi connectivity index (χ1v) is 7.47. The second kappa shape index (κ2) is 5.04. The summed E-state index contributed by atoms with van der Waals surface area (Å²) in [6, 6.07) is 0. The zero-order valence-corrected chi connectivity index (χ0v) is 12.8. The smallest absolute Gasteiger partial charge is 0.302 e. The molecule has 3 aliphatic rings. The molecule has 0 N–H and O–H groups in total. The summed E-state index contributed by atoms with van der Waals surface area (Å²) in [5, 5.41) is 0. The van der Waals surface area contributed by atoms with Crippen LogP contribution in [0, 0.1) is 11.8 Å². The van der Waals surface area contributed by atoms with Crippen LogP contribution in [0.3, 0.4) is 0 Å². The lowest BCUT2D eigenvalue weighted by Gasteiger charge is -2.39. The summed E-state index contributed by atoms with van der Waals surface area (Å²) < 4.78 is 23.0. The fourth-order valence-corrected chi connectivity index (χ4v) is 3.93. The average Bonchev–Trinajstić information content (AvgIpc) is 2.79. The zero-order valence-electron chi connectivity index (χ0n) is 12.8. The number of esters is 1. The van der Waals surface area contributed by atoms with Crippen molar-refractivity contribution in [2.45, 2.75) is 70.9 Å². The Morgan fingerprint density at radius 3 is 2.48 bits per heavy atom. The highest BCUT2D eigenvalue weighted by molar-refractivity contribution is 5.80. The van der Waals surface area contributed by atoms with Crippen LogP contribution in [-0.2, 0) is 28.5 Å².